The van der Waals surface area contributed by atoms with Crippen LogP contribution in [0.4, 0.5) is 10.5 Å². The van der Waals surface area contributed by atoms with E-state index < -0.39 is 0 Å². The van der Waals surface area contributed by atoms with Crippen LogP contribution in [0.25, 0.3) is 10.9 Å². The van der Waals surface area contributed by atoms with Crippen LogP contribution in [0.3, 0.4) is 0 Å². The monoisotopic (exact) mass is 354 g/mol. The van der Waals surface area contributed by atoms with Crippen LogP contribution in [0.2, 0.25) is 0 Å². The van der Waals surface area contributed by atoms with Gasteiger partial charge in [-0.15, -0.1) is 10.2 Å². The number of aryl methyl sites for hydroxylation is 1. The van der Waals surface area contributed by atoms with Gasteiger partial charge in [-0.05, 0) is 37.6 Å². The summed E-state index contributed by atoms with van der Waals surface area (Å²) in [5.74, 6) is 0.704. The lowest BCUT2D eigenvalue weighted by molar-refractivity contribution is 0.189. The van der Waals surface area contributed by atoms with E-state index in [1.807, 2.05) is 41.8 Å². The molecule has 3 rings (SSSR count). The van der Waals surface area contributed by atoms with Gasteiger partial charge in [-0.25, -0.2) is 4.79 Å². The molecule has 1 aromatic carbocycles. The summed E-state index contributed by atoms with van der Waals surface area (Å²) in [6.07, 6.45) is 4.24. The first-order valence-corrected chi connectivity index (χ1v) is 8.47. The minimum Gasteiger partial charge on any atom is -0.385 e. The fourth-order valence-corrected chi connectivity index (χ4v) is 2.78. The highest BCUT2D eigenvalue weighted by Gasteiger charge is 2.16. The number of amides is 2. The van der Waals surface area contributed by atoms with Crippen LogP contribution >= 0.6 is 0 Å². The quantitative estimate of drug-likeness (QED) is 0.636. The summed E-state index contributed by atoms with van der Waals surface area (Å²) in [4.78, 5) is 16.7. The van der Waals surface area contributed by atoms with Crippen LogP contribution in [0.1, 0.15) is 25.2 Å². The van der Waals surface area contributed by atoms with Gasteiger partial charge in [0.05, 0.1) is 17.2 Å². The highest BCUT2D eigenvalue weighted by Crippen LogP contribution is 2.21. The highest BCUT2D eigenvalue weighted by atomic mass is 16.5. The van der Waals surface area contributed by atoms with Crippen molar-refractivity contribution in [1.82, 2.24) is 25.1 Å². The summed E-state index contributed by atoms with van der Waals surface area (Å²) in [7, 11) is 1.67. The van der Waals surface area contributed by atoms with E-state index in [2.05, 4.69) is 25.8 Å². The van der Waals surface area contributed by atoms with Gasteiger partial charge in [0.15, 0.2) is 5.82 Å². The summed E-state index contributed by atoms with van der Waals surface area (Å²) in [5, 5.41) is 14.7. The lowest BCUT2D eigenvalue weighted by Crippen LogP contribution is -2.32. The third-order valence-electron chi connectivity index (χ3n) is 4.02. The summed E-state index contributed by atoms with van der Waals surface area (Å²) in [6, 6.07) is 8.80. The maximum absolute atomic E-state index is 12.4. The summed E-state index contributed by atoms with van der Waals surface area (Å²) in [6.45, 7) is 3.27. The number of ether oxygens (including phenoxy) is 1. The average molecular weight is 354 g/mol. The van der Waals surface area contributed by atoms with Gasteiger partial charge >= 0.3 is 6.03 Å². The zero-order chi connectivity index (χ0) is 18.4. The van der Waals surface area contributed by atoms with Crippen LogP contribution in [0, 0.1) is 0 Å². The van der Waals surface area contributed by atoms with Gasteiger partial charge in [-0.1, -0.05) is 6.07 Å². The Balaban J connectivity index is 1.65. The molecule has 136 valence electrons. The number of pyridine rings is 1. The first-order valence-electron chi connectivity index (χ1n) is 8.47. The summed E-state index contributed by atoms with van der Waals surface area (Å²) >= 11 is 0. The maximum Gasteiger partial charge on any atom is 0.319 e. The molecule has 2 N–H and O–H groups in total. The number of anilines is 1. The number of nitrogens with one attached hydrogen (secondary N) is 2. The van der Waals surface area contributed by atoms with Crippen molar-refractivity contribution in [3.05, 3.63) is 48.7 Å². The number of urea groups is 1. The van der Waals surface area contributed by atoms with Gasteiger partial charge in [0.2, 0.25) is 0 Å². The molecule has 0 aliphatic rings. The molecule has 0 spiro atoms. The fourth-order valence-electron chi connectivity index (χ4n) is 2.78. The molecule has 0 fully saturated rings. The number of rotatable bonds is 7. The Labute approximate surface area is 151 Å². The van der Waals surface area contributed by atoms with Crippen molar-refractivity contribution in [3.8, 4) is 0 Å². The third kappa shape index (κ3) is 4.15. The Morgan fingerprint density at radius 3 is 3.04 bits per heavy atom. The number of nitrogens with zero attached hydrogens (tertiary/aromatic N) is 4. The molecule has 2 amide bonds. The van der Waals surface area contributed by atoms with Gasteiger partial charge in [0.25, 0.3) is 0 Å². The minimum absolute atomic E-state index is 0.284. The second-order valence-electron chi connectivity index (χ2n) is 5.92. The van der Waals surface area contributed by atoms with E-state index >= 15 is 0 Å². The predicted molar refractivity (Wildman–Crippen MR) is 98.8 cm³/mol. The largest absolute Gasteiger partial charge is 0.385 e. The molecule has 0 aliphatic heterocycles. The second-order valence-corrected chi connectivity index (χ2v) is 5.92. The molecular weight excluding hydrogens is 332 g/mol. The molecular formula is C18H22N6O2. The van der Waals surface area contributed by atoms with Crippen LogP contribution in [-0.4, -0.2) is 39.5 Å². The Morgan fingerprint density at radius 2 is 2.19 bits per heavy atom. The van der Waals surface area contributed by atoms with Crippen molar-refractivity contribution in [3.63, 3.8) is 0 Å². The second kappa shape index (κ2) is 8.39. The molecule has 2 aromatic heterocycles. The van der Waals surface area contributed by atoms with Crippen molar-refractivity contribution in [2.75, 3.05) is 19.0 Å². The number of hydrogen-bond donors (Lipinski definition) is 2. The average Bonchev–Trinajstić information content (AvgIpc) is 3.11. The van der Waals surface area contributed by atoms with Gasteiger partial charge in [-0.2, -0.15) is 0 Å². The molecule has 1 atom stereocenters. The third-order valence-corrected chi connectivity index (χ3v) is 4.02. The predicted octanol–water partition coefficient (Wildman–Crippen LogP) is 2.75. The van der Waals surface area contributed by atoms with Crippen molar-refractivity contribution in [2.24, 2.45) is 0 Å². The molecule has 0 bridgehead atoms. The summed E-state index contributed by atoms with van der Waals surface area (Å²) in [5.41, 5.74) is 1.54. The van der Waals surface area contributed by atoms with E-state index in [9.17, 15) is 4.79 Å². The van der Waals surface area contributed by atoms with Crippen LogP contribution in [0.15, 0.2) is 42.9 Å². The number of aromatic nitrogens is 4. The maximum atomic E-state index is 12.4. The Hall–Kier alpha value is -3.00. The van der Waals surface area contributed by atoms with Gasteiger partial charge in [0.1, 0.15) is 6.33 Å². The Bertz CT molecular complexity index is 874. The molecule has 3 aromatic rings. The van der Waals surface area contributed by atoms with E-state index in [1.54, 1.807) is 19.6 Å². The molecule has 8 nitrogen and oxygen atoms in total. The number of hydrogen-bond acceptors (Lipinski definition) is 5. The molecule has 2 heterocycles. The zero-order valence-corrected chi connectivity index (χ0v) is 14.8. The van der Waals surface area contributed by atoms with Gasteiger partial charge in [-0.3, -0.25) is 4.98 Å². The SMILES string of the molecule is COCCCn1cnnc1[C@H](C)NC(=O)Nc1cccc2ncccc12. The van der Waals surface area contributed by atoms with E-state index in [1.165, 1.54) is 0 Å². The standard InChI is InChI=1S/C18H22N6O2/c1-13(17-23-20-12-24(17)10-5-11-26-2)21-18(25)22-16-8-3-7-15-14(16)6-4-9-19-15/h3-4,6-9,12-13H,5,10-11H2,1-2H3,(H2,21,22,25)/t13-/m0/s1. The number of carbonyl (C=O) groups is 1. The van der Waals surface area contributed by atoms with E-state index in [0.717, 1.165) is 23.9 Å². The Morgan fingerprint density at radius 1 is 1.31 bits per heavy atom. The number of carbonyl (C=O) groups excluding carboxylic acids is 1. The molecule has 0 saturated heterocycles. The molecule has 0 radical (unpaired) electrons. The van der Waals surface area contributed by atoms with E-state index in [-0.39, 0.29) is 12.1 Å². The lowest BCUT2D eigenvalue weighted by Gasteiger charge is -2.16. The fraction of sp³-hybridized carbons (Fsp3) is 0.333. The van der Waals surface area contributed by atoms with Crippen LogP contribution in [-0.2, 0) is 11.3 Å². The van der Waals surface area contributed by atoms with Crippen LogP contribution < -0.4 is 10.6 Å². The minimum atomic E-state index is -0.305. The number of benzene rings is 1. The Kier molecular flexibility index (Phi) is 5.75. The van der Waals surface area contributed by atoms with Crippen molar-refractivity contribution in [2.45, 2.75) is 25.9 Å². The normalized spacial score (nSPS) is 12.1. The first kappa shape index (κ1) is 17.8. The number of fused-ring (bicyclic) bond motifs is 1. The van der Waals surface area contributed by atoms with Gasteiger partial charge < -0.3 is 19.9 Å². The zero-order valence-electron chi connectivity index (χ0n) is 14.8. The van der Waals surface area contributed by atoms with E-state index in [0.29, 0.717) is 18.1 Å². The van der Waals surface area contributed by atoms with Gasteiger partial charge in [0, 0.05) is 31.8 Å². The molecule has 0 aliphatic carbocycles. The van der Waals surface area contributed by atoms with Crippen molar-refractivity contribution >= 4 is 22.6 Å². The first-order chi connectivity index (χ1) is 12.7. The number of methoxy groups -OCH3 is 1. The van der Waals surface area contributed by atoms with Crippen LogP contribution in [0.5, 0.6) is 0 Å². The summed E-state index contributed by atoms with van der Waals surface area (Å²) < 4.78 is 6.99. The highest BCUT2D eigenvalue weighted by molar-refractivity contribution is 6.00. The van der Waals surface area contributed by atoms with E-state index in [4.69, 9.17) is 4.74 Å². The lowest BCUT2D eigenvalue weighted by atomic mass is 10.2. The van der Waals surface area contributed by atoms with Crippen molar-refractivity contribution < 1.29 is 9.53 Å². The topological polar surface area (TPSA) is 94.0 Å². The van der Waals surface area contributed by atoms with Crippen molar-refractivity contribution in [1.29, 1.82) is 0 Å². The molecule has 8 heteroatoms. The smallest absolute Gasteiger partial charge is 0.319 e. The molecule has 0 unspecified atom stereocenters. The molecule has 26 heavy (non-hydrogen) atoms. The molecule has 0 saturated carbocycles.